The number of hydrogen-bond donors (Lipinski definition) is 0. The third kappa shape index (κ3) is 2.09. The number of amides is 1. The number of nitrogens with zero attached hydrogens (tertiary/aromatic N) is 2. The van der Waals surface area contributed by atoms with E-state index in [1.165, 1.54) is 6.42 Å². The summed E-state index contributed by atoms with van der Waals surface area (Å²) >= 11 is 1.55. The number of hydrogen-bond acceptors (Lipinski definition) is 3. The van der Waals surface area contributed by atoms with Crippen molar-refractivity contribution in [3.8, 4) is 0 Å². The summed E-state index contributed by atoms with van der Waals surface area (Å²) in [5.74, 6) is 0.865. The Kier molecular flexibility index (Phi) is 3.22. The second-order valence-electron chi connectivity index (χ2n) is 7.48. The van der Waals surface area contributed by atoms with Crippen molar-refractivity contribution in [2.75, 3.05) is 33.7 Å². The Balaban J connectivity index is 1.80. The monoisotopic (exact) mass is 292 g/mol. The molecule has 2 aliphatic rings. The number of likely N-dealkylation sites (tertiary alicyclic amines) is 1. The summed E-state index contributed by atoms with van der Waals surface area (Å²) in [6.45, 7) is 7.65. The average molecular weight is 292 g/mol. The highest BCUT2D eigenvalue weighted by Gasteiger charge is 2.63. The van der Waals surface area contributed by atoms with Crippen molar-refractivity contribution in [3.05, 3.63) is 22.4 Å². The largest absolute Gasteiger partial charge is 0.337 e. The van der Waals surface area contributed by atoms with Crippen LogP contribution in [0.1, 0.15) is 29.9 Å². The topological polar surface area (TPSA) is 23.6 Å². The molecule has 3 nitrogen and oxygen atoms in total. The summed E-state index contributed by atoms with van der Waals surface area (Å²) in [7, 11) is 4.28. The summed E-state index contributed by atoms with van der Waals surface area (Å²) in [5, 5.41) is 1.98. The van der Waals surface area contributed by atoms with Crippen molar-refractivity contribution >= 4 is 17.2 Å². The molecule has 0 radical (unpaired) electrons. The number of fused-ring (bicyclic) bond motifs is 1. The van der Waals surface area contributed by atoms with E-state index in [1.807, 2.05) is 17.5 Å². The van der Waals surface area contributed by atoms with E-state index in [1.54, 1.807) is 11.3 Å². The maximum absolute atomic E-state index is 12.6. The Morgan fingerprint density at radius 3 is 2.80 bits per heavy atom. The van der Waals surface area contributed by atoms with Crippen LogP contribution in [-0.4, -0.2) is 49.4 Å². The van der Waals surface area contributed by atoms with E-state index in [9.17, 15) is 4.79 Å². The molecule has 1 amide bonds. The summed E-state index contributed by atoms with van der Waals surface area (Å²) < 4.78 is 0. The fraction of sp³-hybridized carbons (Fsp3) is 0.688. The van der Waals surface area contributed by atoms with Gasteiger partial charge in [0.2, 0.25) is 0 Å². The van der Waals surface area contributed by atoms with Gasteiger partial charge in [0.1, 0.15) is 0 Å². The molecule has 0 aromatic carbocycles. The lowest BCUT2D eigenvalue weighted by Gasteiger charge is -2.57. The molecule has 1 saturated heterocycles. The van der Waals surface area contributed by atoms with Crippen molar-refractivity contribution in [2.24, 2.45) is 16.7 Å². The number of thiophene rings is 1. The SMILES string of the molecule is CN(C)C[C@@]12CN(C(=O)c3cccs3)C[C@@H]1C(C)(C)C2. The second kappa shape index (κ2) is 4.57. The Morgan fingerprint density at radius 1 is 1.50 bits per heavy atom. The van der Waals surface area contributed by atoms with E-state index in [2.05, 4.69) is 37.7 Å². The minimum absolute atomic E-state index is 0.225. The minimum Gasteiger partial charge on any atom is -0.337 e. The maximum Gasteiger partial charge on any atom is 0.263 e. The van der Waals surface area contributed by atoms with Gasteiger partial charge in [0, 0.05) is 25.0 Å². The fourth-order valence-electron chi connectivity index (χ4n) is 4.68. The van der Waals surface area contributed by atoms with Crippen LogP contribution in [0.3, 0.4) is 0 Å². The van der Waals surface area contributed by atoms with Crippen molar-refractivity contribution in [3.63, 3.8) is 0 Å². The van der Waals surface area contributed by atoms with Crippen LogP contribution in [0.5, 0.6) is 0 Å². The predicted octanol–water partition coefficient (Wildman–Crippen LogP) is 2.80. The predicted molar refractivity (Wildman–Crippen MR) is 83.1 cm³/mol. The van der Waals surface area contributed by atoms with Crippen LogP contribution < -0.4 is 0 Å². The van der Waals surface area contributed by atoms with E-state index < -0.39 is 0 Å². The molecule has 1 aromatic heterocycles. The Bertz CT molecular complexity index is 505. The van der Waals surface area contributed by atoms with Crippen molar-refractivity contribution in [2.45, 2.75) is 20.3 Å². The molecule has 1 aliphatic carbocycles. The first-order chi connectivity index (χ1) is 9.34. The highest BCUT2D eigenvalue weighted by molar-refractivity contribution is 7.12. The van der Waals surface area contributed by atoms with Gasteiger partial charge in [-0.3, -0.25) is 4.79 Å². The molecule has 0 bridgehead atoms. The van der Waals surface area contributed by atoms with Crippen molar-refractivity contribution in [1.29, 1.82) is 0 Å². The van der Waals surface area contributed by atoms with E-state index in [0.717, 1.165) is 24.5 Å². The molecule has 4 heteroatoms. The smallest absolute Gasteiger partial charge is 0.263 e. The van der Waals surface area contributed by atoms with Gasteiger partial charge in [-0.25, -0.2) is 0 Å². The van der Waals surface area contributed by atoms with E-state index >= 15 is 0 Å². The minimum atomic E-state index is 0.225. The molecule has 0 spiro atoms. The molecule has 2 heterocycles. The zero-order valence-corrected chi connectivity index (χ0v) is 13.7. The summed E-state index contributed by atoms with van der Waals surface area (Å²) in [6, 6.07) is 3.90. The lowest BCUT2D eigenvalue weighted by molar-refractivity contribution is -0.0789. The van der Waals surface area contributed by atoms with Crippen molar-refractivity contribution in [1.82, 2.24) is 9.80 Å². The van der Waals surface area contributed by atoms with Gasteiger partial charge in [0.25, 0.3) is 5.91 Å². The van der Waals surface area contributed by atoms with Gasteiger partial charge < -0.3 is 9.80 Å². The standard InChI is InChI=1S/C16H24N2OS/c1-15(2)9-16(10-17(3)4)11-18(8-13(15)16)14(19)12-6-5-7-20-12/h5-7,13H,8-11H2,1-4H3/t13-,16+/m1/s1. The fourth-order valence-corrected chi connectivity index (χ4v) is 5.37. The lowest BCUT2D eigenvalue weighted by atomic mass is 9.48. The Labute approximate surface area is 125 Å². The molecule has 2 atom stereocenters. The van der Waals surface area contributed by atoms with Gasteiger partial charge in [-0.05, 0) is 43.3 Å². The molecule has 20 heavy (non-hydrogen) atoms. The number of carbonyl (C=O) groups excluding carboxylic acids is 1. The van der Waals surface area contributed by atoms with Crippen LogP contribution in [0.2, 0.25) is 0 Å². The Hall–Kier alpha value is -0.870. The van der Waals surface area contributed by atoms with Crippen LogP contribution in [-0.2, 0) is 0 Å². The average Bonchev–Trinajstić information content (AvgIpc) is 2.93. The van der Waals surface area contributed by atoms with E-state index in [4.69, 9.17) is 0 Å². The molecule has 0 N–H and O–H groups in total. The molecule has 3 rings (SSSR count). The van der Waals surface area contributed by atoms with Crippen LogP contribution >= 0.6 is 11.3 Å². The van der Waals surface area contributed by atoms with Gasteiger partial charge in [0.15, 0.2) is 0 Å². The maximum atomic E-state index is 12.6. The van der Waals surface area contributed by atoms with Gasteiger partial charge in [-0.2, -0.15) is 0 Å². The molecule has 1 aromatic rings. The lowest BCUT2D eigenvalue weighted by Crippen LogP contribution is -2.57. The quantitative estimate of drug-likeness (QED) is 0.855. The van der Waals surface area contributed by atoms with Gasteiger partial charge in [-0.1, -0.05) is 19.9 Å². The zero-order chi connectivity index (χ0) is 14.5. The summed E-state index contributed by atoms with van der Waals surface area (Å²) in [5.41, 5.74) is 0.695. The molecule has 1 saturated carbocycles. The van der Waals surface area contributed by atoms with E-state index in [-0.39, 0.29) is 5.91 Å². The first-order valence-electron chi connectivity index (χ1n) is 7.32. The van der Waals surface area contributed by atoms with Crippen LogP contribution in [0.25, 0.3) is 0 Å². The normalized spacial score (nSPS) is 31.2. The third-order valence-electron chi connectivity index (χ3n) is 5.05. The summed E-state index contributed by atoms with van der Waals surface area (Å²) in [6.07, 6.45) is 1.23. The molecule has 2 fully saturated rings. The molecule has 0 unspecified atom stereocenters. The van der Waals surface area contributed by atoms with E-state index in [0.29, 0.717) is 16.7 Å². The molecule has 1 aliphatic heterocycles. The van der Waals surface area contributed by atoms with Gasteiger partial charge >= 0.3 is 0 Å². The highest BCUT2D eigenvalue weighted by Crippen LogP contribution is 2.62. The first-order valence-corrected chi connectivity index (χ1v) is 8.20. The number of carbonyl (C=O) groups is 1. The summed E-state index contributed by atoms with van der Waals surface area (Å²) in [4.78, 5) is 17.8. The molecule has 110 valence electrons. The Morgan fingerprint density at radius 2 is 2.25 bits per heavy atom. The zero-order valence-electron chi connectivity index (χ0n) is 12.8. The van der Waals surface area contributed by atoms with Gasteiger partial charge in [0.05, 0.1) is 4.88 Å². The van der Waals surface area contributed by atoms with Crippen LogP contribution in [0, 0.1) is 16.7 Å². The van der Waals surface area contributed by atoms with Crippen molar-refractivity contribution < 1.29 is 4.79 Å². The van der Waals surface area contributed by atoms with Gasteiger partial charge in [-0.15, -0.1) is 11.3 Å². The first kappa shape index (κ1) is 14.1. The molecular weight excluding hydrogens is 268 g/mol. The number of rotatable bonds is 3. The second-order valence-corrected chi connectivity index (χ2v) is 8.43. The van der Waals surface area contributed by atoms with Crippen LogP contribution in [0.4, 0.5) is 0 Å². The third-order valence-corrected chi connectivity index (χ3v) is 5.91. The molecular formula is C16H24N2OS. The highest BCUT2D eigenvalue weighted by atomic mass is 32.1. The van der Waals surface area contributed by atoms with Crippen LogP contribution in [0.15, 0.2) is 17.5 Å².